The number of phenols is 1. The van der Waals surface area contributed by atoms with Crippen molar-refractivity contribution in [1.29, 1.82) is 0 Å². The van der Waals surface area contributed by atoms with Gasteiger partial charge in [-0.1, -0.05) is 13.8 Å². The van der Waals surface area contributed by atoms with Crippen LogP contribution in [0, 0.1) is 12.8 Å². The number of ketones is 1. The maximum Gasteiger partial charge on any atom is 0.165 e. The summed E-state index contributed by atoms with van der Waals surface area (Å²) in [6.07, 6.45) is 0. The quantitative estimate of drug-likeness (QED) is 0.825. The molecule has 1 aromatic carbocycles. The van der Waals surface area contributed by atoms with Crippen LogP contribution in [0.3, 0.4) is 0 Å². The molecule has 1 rings (SSSR count). The zero-order chi connectivity index (χ0) is 10.9. The molecular weight excluding hydrogens is 244 g/mol. The topological polar surface area (TPSA) is 37.3 Å². The first kappa shape index (κ1) is 11.2. The van der Waals surface area contributed by atoms with E-state index in [-0.39, 0.29) is 17.5 Å². The molecule has 2 nitrogen and oxygen atoms in total. The number of carbonyl (C=O) groups excluding carboxylic acids is 1. The van der Waals surface area contributed by atoms with Gasteiger partial charge in [-0.2, -0.15) is 0 Å². The van der Waals surface area contributed by atoms with Crippen molar-refractivity contribution in [3.05, 3.63) is 27.7 Å². The van der Waals surface area contributed by atoms with Gasteiger partial charge in [-0.25, -0.2) is 0 Å². The van der Waals surface area contributed by atoms with Crippen LogP contribution in [0.5, 0.6) is 5.75 Å². The highest BCUT2D eigenvalue weighted by atomic mass is 79.9. The number of aromatic hydroxyl groups is 1. The summed E-state index contributed by atoms with van der Waals surface area (Å²) in [5.41, 5.74) is 1.48. The average molecular weight is 257 g/mol. The second-order valence-corrected chi connectivity index (χ2v) is 4.49. The van der Waals surface area contributed by atoms with Gasteiger partial charge in [0.1, 0.15) is 5.75 Å². The Morgan fingerprint density at radius 2 is 2.00 bits per heavy atom. The van der Waals surface area contributed by atoms with Gasteiger partial charge in [0.2, 0.25) is 0 Å². The van der Waals surface area contributed by atoms with Crippen molar-refractivity contribution in [2.24, 2.45) is 5.92 Å². The number of hydrogen-bond donors (Lipinski definition) is 1. The molecule has 0 fully saturated rings. The third-order valence-electron chi connectivity index (χ3n) is 2.08. The molecule has 0 radical (unpaired) electrons. The molecule has 0 heterocycles. The largest absolute Gasteiger partial charge is 0.507 e. The van der Waals surface area contributed by atoms with Crippen LogP contribution in [0.2, 0.25) is 0 Å². The molecule has 0 aliphatic heterocycles. The molecule has 3 heteroatoms. The zero-order valence-electron chi connectivity index (χ0n) is 8.47. The molecule has 0 bridgehead atoms. The van der Waals surface area contributed by atoms with Crippen LogP contribution in [-0.2, 0) is 0 Å². The van der Waals surface area contributed by atoms with E-state index in [0.717, 1.165) is 5.56 Å². The van der Waals surface area contributed by atoms with E-state index in [1.54, 1.807) is 12.1 Å². The van der Waals surface area contributed by atoms with Gasteiger partial charge in [0.15, 0.2) is 5.78 Å². The third kappa shape index (κ3) is 2.15. The Bertz CT molecular complexity index is 370. The van der Waals surface area contributed by atoms with E-state index < -0.39 is 0 Å². The summed E-state index contributed by atoms with van der Waals surface area (Å²) in [5, 5.41) is 9.39. The lowest BCUT2D eigenvalue weighted by atomic mass is 9.97. The molecule has 0 unspecified atom stereocenters. The van der Waals surface area contributed by atoms with E-state index >= 15 is 0 Å². The van der Waals surface area contributed by atoms with E-state index in [0.29, 0.717) is 10.0 Å². The number of benzene rings is 1. The second-order valence-electron chi connectivity index (χ2n) is 3.64. The van der Waals surface area contributed by atoms with Crippen molar-refractivity contribution in [3.63, 3.8) is 0 Å². The summed E-state index contributed by atoms with van der Waals surface area (Å²) in [4.78, 5) is 11.7. The number of phenolic OH excluding ortho intramolecular Hbond substituents is 1. The van der Waals surface area contributed by atoms with Crippen LogP contribution in [0.25, 0.3) is 0 Å². The molecule has 14 heavy (non-hydrogen) atoms. The average Bonchev–Trinajstić information content (AvgIpc) is 2.10. The molecule has 0 saturated carbocycles. The minimum atomic E-state index is -0.0230. The van der Waals surface area contributed by atoms with Crippen LogP contribution < -0.4 is 0 Å². The Morgan fingerprint density at radius 1 is 1.43 bits per heavy atom. The van der Waals surface area contributed by atoms with Crippen molar-refractivity contribution < 1.29 is 9.90 Å². The highest BCUT2D eigenvalue weighted by molar-refractivity contribution is 9.10. The first-order chi connectivity index (χ1) is 6.43. The molecule has 0 amide bonds. The Morgan fingerprint density at radius 3 is 2.50 bits per heavy atom. The highest BCUT2D eigenvalue weighted by Crippen LogP contribution is 2.28. The molecule has 0 aromatic heterocycles. The number of rotatable bonds is 2. The van der Waals surface area contributed by atoms with Gasteiger partial charge in [0.05, 0.1) is 4.47 Å². The summed E-state index contributed by atoms with van der Waals surface area (Å²) in [6, 6.07) is 3.27. The third-order valence-corrected chi connectivity index (χ3v) is 2.72. The number of Topliss-reactive ketones (excluding diaryl/α,β-unsaturated/α-hetero) is 1. The standard InChI is InChI=1S/C11H13BrO2/c1-6(2)11(14)8-5-9(12)10(13)4-7(8)3/h4-6,13H,1-3H3. The number of aryl methyl sites for hydroxylation is 1. The zero-order valence-corrected chi connectivity index (χ0v) is 10.1. The van der Waals surface area contributed by atoms with Gasteiger partial charge in [0.25, 0.3) is 0 Å². The van der Waals surface area contributed by atoms with Gasteiger partial charge in [-0.3, -0.25) is 4.79 Å². The predicted molar refractivity (Wildman–Crippen MR) is 59.7 cm³/mol. The van der Waals surface area contributed by atoms with E-state index in [1.165, 1.54) is 0 Å². The van der Waals surface area contributed by atoms with Crippen molar-refractivity contribution in [1.82, 2.24) is 0 Å². The Balaban J connectivity index is 3.22. The molecule has 0 aliphatic rings. The smallest absolute Gasteiger partial charge is 0.165 e. The molecule has 0 atom stereocenters. The fourth-order valence-corrected chi connectivity index (χ4v) is 1.59. The molecule has 0 spiro atoms. The van der Waals surface area contributed by atoms with Crippen LogP contribution in [0.15, 0.2) is 16.6 Å². The Kier molecular flexibility index (Phi) is 3.32. The van der Waals surface area contributed by atoms with Crippen LogP contribution >= 0.6 is 15.9 Å². The molecule has 0 saturated heterocycles. The maximum atomic E-state index is 11.7. The summed E-state index contributed by atoms with van der Waals surface area (Å²) in [5.74, 6) is 0.246. The van der Waals surface area contributed by atoms with Gasteiger partial charge in [-0.15, -0.1) is 0 Å². The highest BCUT2D eigenvalue weighted by Gasteiger charge is 2.14. The van der Waals surface area contributed by atoms with Gasteiger partial charge in [0, 0.05) is 11.5 Å². The van der Waals surface area contributed by atoms with E-state index in [9.17, 15) is 9.90 Å². The number of carbonyl (C=O) groups is 1. The SMILES string of the molecule is Cc1cc(O)c(Br)cc1C(=O)C(C)C. The fourth-order valence-electron chi connectivity index (χ4n) is 1.24. The lowest BCUT2D eigenvalue weighted by Crippen LogP contribution is -2.09. The molecule has 1 N–H and O–H groups in total. The van der Waals surface area contributed by atoms with Gasteiger partial charge < -0.3 is 5.11 Å². The normalized spacial score (nSPS) is 10.6. The monoisotopic (exact) mass is 256 g/mol. The predicted octanol–water partition coefficient (Wildman–Crippen LogP) is 3.30. The Labute approximate surface area is 92.1 Å². The van der Waals surface area contributed by atoms with Crippen LogP contribution in [0.4, 0.5) is 0 Å². The summed E-state index contributed by atoms with van der Waals surface area (Å²) in [6.45, 7) is 5.55. The van der Waals surface area contributed by atoms with Crippen molar-refractivity contribution in [2.75, 3.05) is 0 Å². The van der Waals surface area contributed by atoms with Crippen molar-refractivity contribution >= 4 is 21.7 Å². The molecule has 1 aromatic rings. The number of hydrogen-bond acceptors (Lipinski definition) is 2. The summed E-state index contributed by atoms with van der Waals surface area (Å²) in [7, 11) is 0. The lowest BCUT2D eigenvalue weighted by molar-refractivity contribution is 0.0938. The Hall–Kier alpha value is -0.830. The summed E-state index contributed by atoms with van der Waals surface area (Å²) >= 11 is 3.20. The van der Waals surface area contributed by atoms with E-state index in [4.69, 9.17) is 0 Å². The first-order valence-electron chi connectivity index (χ1n) is 4.46. The van der Waals surface area contributed by atoms with E-state index in [2.05, 4.69) is 15.9 Å². The molecular formula is C11H13BrO2. The van der Waals surface area contributed by atoms with Gasteiger partial charge in [-0.05, 0) is 40.5 Å². The summed E-state index contributed by atoms with van der Waals surface area (Å²) < 4.78 is 0.562. The van der Waals surface area contributed by atoms with E-state index in [1.807, 2.05) is 20.8 Å². The minimum absolute atomic E-state index is 0.0230. The fraction of sp³-hybridized carbons (Fsp3) is 0.364. The van der Waals surface area contributed by atoms with Crippen molar-refractivity contribution in [3.8, 4) is 5.75 Å². The number of halogens is 1. The maximum absolute atomic E-state index is 11.7. The van der Waals surface area contributed by atoms with Crippen molar-refractivity contribution in [2.45, 2.75) is 20.8 Å². The first-order valence-corrected chi connectivity index (χ1v) is 5.26. The molecule has 76 valence electrons. The minimum Gasteiger partial charge on any atom is -0.507 e. The van der Waals surface area contributed by atoms with Gasteiger partial charge >= 0.3 is 0 Å². The second kappa shape index (κ2) is 4.13. The van der Waals surface area contributed by atoms with Crippen LogP contribution in [0.1, 0.15) is 29.8 Å². The lowest BCUT2D eigenvalue weighted by Gasteiger charge is -2.09. The van der Waals surface area contributed by atoms with Crippen LogP contribution in [-0.4, -0.2) is 10.9 Å². The molecule has 0 aliphatic carbocycles.